The van der Waals surface area contributed by atoms with Crippen LogP contribution in [0.4, 0.5) is 0 Å². The highest BCUT2D eigenvalue weighted by atomic mass is 16.5. The molecule has 1 N–H and O–H groups in total. The van der Waals surface area contributed by atoms with E-state index in [2.05, 4.69) is 17.2 Å². The largest absolute Gasteiger partial charge is 0.379 e. The molecule has 0 saturated carbocycles. The third-order valence-corrected chi connectivity index (χ3v) is 3.43. The van der Waals surface area contributed by atoms with Gasteiger partial charge in [-0.1, -0.05) is 0 Å². The highest BCUT2D eigenvalue weighted by molar-refractivity contribution is 5.20. The molecule has 2 rings (SSSR count). The molecule has 1 aromatic heterocycles. The monoisotopic (exact) mass is 264 g/mol. The van der Waals surface area contributed by atoms with Gasteiger partial charge in [0.05, 0.1) is 12.7 Å². The second-order valence-corrected chi connectivity index (χ2v) is 5.04. The highest BCUT2D eigenvalue weighted by Gasteiger charge is 2.14. The Bertz CT molecular complexity index is 365. The molecular formula is C15H24N2O2. The smallest absolute Gasteiger partial charge is 0.0809 e. The molecule has 0 aliphatic carbocycles. The van der Waals surface area contributed by atoms with Crippen molar-refractivity contribution in [3.05, 3.63) is 29.6 Å². The third kappa shape index (κ3) is 5.27. The lowest BCUT2D eigenvalue weighted by atomic mass is 10.1. The minimum Gasteiger partial charge on any atom is -0.379 e. The summed E-state index contributed by atoms with van der Waals surface area (Å²) in [4.78, 5) is 4.14. The lowest BCUT2D eigenvalue weighted by molar-refractivity contribution is 0.0166. The molecule has 106 valence electrons. The quantitative estimate of drug-likeness (QED) is 0.730. The average Bonchev–Trinajstić information content (AvgIpc) is 2.93. The Balaban J connectivity index is 1.47. The van der Waals surface area contributed by atoms with Gasteiger partial charge in [0.2, 0.25) is 0 Å². The molecule has 4 heteroatoms. The predicted octanol–water partition coefficient (Wildman–Crippen LogP) is 2.07. The van der Waals surface area contributed by atoms with Crippen molar-refractivity contribution >= 4 is 0 Å². The Morgan fingerprint density at radius 3 is 3.26 bits per heavy atom. The van der Waals surface area contributed by atoms with Gasteiger partial charge in [-0.05, 0) is 49.9 Å². The number of aryl methyl sites for hydroxylation is 1. The van der Waals surface area contributed by atoms with E-state index >= 15 is 0 Å². The summed E-state index contributed by atoms with van der Waals surface area (Å²) in [5, 5.41) is 3.42. The maximum Gasteiger partial charge on any atom is 0.0809 e. The van der Waals surface area contributed by atoms with E-state index in [0.717, 1.165) is 45.8 Å². The Morgan fingerprint density at radius 2 is 2.47 bits per heavy atom. The summed E-state index contributed by atoms with van der Waals surface area (Å²) >= 11 is 0. The second-order valence-electron chi connectivity index (χ2n) is 5.04. The summed E-state index contributed by atoms with van der Waals surface area (Å²) in [7, 11) is 0. The van der Waals surface area contributed by atoms with Crippen LogP contribution in [-0.2, 0) is 16.0 Å². The number of hydrogen-bond donors (Lipinski definition) is 1. The van der Waals surface area contributed by atoms with Gasteiger partial charge in [-0.25, -0.2) is 0 Å². The number of pyridine rings is 1. The van der Waals surface area contributed by atoms with E-state index in [9.17, 15) is 0 Å². The first kappa shape index (κ1) is 14.4. The van der Waals surface area contributed by atoms with Gasteiger partial charge in [-0.15, -0.1) is 0 Å². The molecule has 0 spiro atoms. The highest BCUT2D eigenvalue weighted by Crippen LogP contribution is 2.11. The number of nitrogens with one attached hydrogen (secondary N) is 1. The van der Waals surface area contributed by atoms with Crippen LogP contribution in [0.3, 0.4) is 0 Å². The van der Waals surface area contributed by atoms with Crippen LogP contribution in [0, 0.1) is 6.92 Å². The van der Waals surface area contributed by atoms with Gasteiger partial charge in [-0.2, -0.15) is 0 Å². The Hall–Kier alpha value is -0.970. The van der Waals surface area contributed by atoms with Crippen LogP contribution in [-0.4, -0.2) is 37.5 Å². The van der Waals surface area contributed by atoms with E-state index in [4.69, 9.17) is 9.47 Å². The summed E-state index contributed by atoms with van der Waals surface area (Å²) in [6.45, 7) is 6.43. The Kier molecular flexibility index (Phi) is 6.27. The van der Waals surface area contributed by atoms with Crippen molar-refractivity contribution in [3.8, 4) is 0 Å². The number of nitrogens with zero attached hydrogens (tertiary/aromatic N) is 1. The number of hydrogen-bond acceptors (Lipinski definition) is 4. The van der Waals surface area contributed by atoms with Crippen molar-refractivity contribution < 1.29 is 9.47 Å². The maximum atomic E-state index is 5.62. The molecule has 0 amide bonds. The maximum absolute atomic E-state index is 5.62. The van der Waals surface area contributed by atoms with Gasteiger partial charge >= 0.3 is 0 Å². The van der Waals surface area contributed by atoms with Gasteiger partial charge in [-0.3, -0.25) is 4.98 Å². The standard InChI is InChI=1S/C15H24N2O2/c1-13-5-7-17-11-14(13)10-16-6-3-8-18-12-15-4-2-9-19-15/h5,7,11,15-16H,2-4,6,8-10,12H2,1H3. The van der Waals surface area contributed by atoms with E-state index in [1.54, 1.807) is 0 Å². The zero-order chi connectivity index (χ0) is 13.3. The topological polar surface area (TPSA) is 43.4 Å². The molecule has 2 heterocycles. The summed E-state index contributed by atoms with van der Waals surface area (Å²) in [6.07, 6.45) is 7.46. The first-order valence-corrected chi connectivity index (χ1v) is 7.16. The third-order valence-electron chi connectivity index (χ3n) is 3.43. The molecule has 0 aromatic carbocycles. The lowest BCUT2D eigenvalue weighted by Gasteiger charge is -2.10. The molecule has 1 saturated heterocycles. The molecule has 4 nitrogen and oxygen atoms in total. The number of rotatable bonds is 8. The van der Waals surface area contributed by atoms with Crippen molar-refractivity contribution in [2.75, 3.05) is 26.4 Å². The Morgan fingerprint density at radius 1 is 1.53 bits per heavy atom. The normalized spacial score (nSPS) is 18.9. The predicted molar refractivity (Wildman–Crippen MR) is 75.1 cm³/mol. The van der Waals surface area contributed by atoms with Crippen molar-refractivity contribution in [3.63, 3.8) is 0 Å². The molecule has 0 radical (unpaired) electrons. The van der Waals surface area contributed by atoms with Crippen molar-refractivity contribution in [2.45, 2.75) is 38.8 Å². The number of aromatic nitrogens is 1. The van der Waals surface area contributed by atoms with Gasteiger partial charge in [0.1, 0.15) is 0 Å². The van der Waals surface area contributed by atoms with E-state index in [1.165, 1.54) is 17.5 Å². The first-order valence-electron chi connectivity index (χ1n) is 7.16. The summed E-state index contributed by atoms with van der Waals surface area (Å²) < 4.78 is 11.1. The number of ether oxygens (including phenoxy) is 2. The van der Waals surface area contributed by atoms with Gasteiger partial charge in [0.15, 0.2) is 0 Å². The summed E-state index contributed by atoms with van der Waals surface area (Å²) in [5.41, 5.74) is 2.56. The summed E-state index contributed by atoms with van der Waals surface area (Å²) in [6, 6.07) is 2.04. The van der Waals surface area contributed by atoms with Crippen molar-refractivity contribution in [1.82, 2.24) is 10.3 Å². The molecule has 1 aromatic rings. The van der Waals surface area contributed by atoms with E-state index in [1.807, 2.05) is 18.5 Å². The molecule has 19 heavy (non-hydrogen) atoms. The molecule has 1 aliphatic rings. The molecular weight excluding hydrogens is 240 g/mol. The van der Waals surface area contributed by atoms with Gasteiger partial charge in [0.25, 0.3) is 0 Å². The SMILES string of the molecule is Cc1ccncc1CNCCCOCC1CCCO1. The molecule has 1 unspecified atom stereocenters. The molecule has 1 fully saturated rings. The fraction of sp³-hybridized carbons (Fsp3) is 0.667. The fourth-order valence-electron chi connectivity index (χ4n) is 2.19. The van der Waals surface area contributed by atoms with Crippen LogP contribution in [0.15, 0.2) is 18.5 Å². The first-order chi connectivity index (χ1) is 9.36. The molecule has 1 atom stereocenters. The Labute approximate surface area is 115 Å². The summed E-state index contributed by atoms with van der Waals surface area (Å²) in [5.74, 6) is 0. The van der Waals surface area contributed by atoms with Gasteiger partial charge in [0, 0.05) is 32.2 Å². The van der Waals surface area contributed by atoms with Crippen LogP contribution >= 0.6 is 0 Å². The average molecular weight is 264 g/mol. The van der Waals surface area contributed by atoms with Gasteiger partial charge < -0.3 is 14.8 Å². The molecule has 0 bridgehead atoms. The van der Waals surface area contributed by atoms with E-state index in [0.29, 0.717) is 6.10 Å². The van der Waals surface area contributed by atoms with E-state index in [-0.39, 0.29) is 0 Å². The lowest BCUT2D eigenvalue weighted by Crippen LogP contribution is -2.19. The van der Waals surface area contributed by atoms with Crippen molar-refractivity contribution in [2.24, 2.45) is 0 Å². The zero-order valence-electron chi connectivity index (χ0n) is 11.7. The van der Waals surface area contributed by atoms with Crippen LogP contribution in [0.1, 0.15) is 30.4 Å². The van der Waals surface area contributed by atoms with E-state index < -0.39 is 0 Å². The van der Waals surface area contributed by atoms with Crippen LogP contribution in [0.5, 0.6) is 0 Å². The minimum atomic E-state index is 0.339. The molecule has 1 aliphatic heterocycles. The van der Waals surface area contributed by atoms with Crippen molar-refractivity contribution in [1.29, 1.82) is 0 Å². The zero-order valence-corrected chi connectivity index (χ0v) is 11.7. The van der Waals surface area contributed by atoms with Crippen LogP contribution < -0.4 is 5.32 Å². The van der Waals surface area contributed by atoms with Crippen LogP contribution in [0.25, 0.3) is 0 Å². The van der Waals surface area contributed by atoms with Crippen LogP contribution in [0.2, 0.25) is 0 Å². The fourth-order valence-corrected chi connectivity index (χ4v) is 2.19. The second kappa shape index (κ2) is 8.25. The minimum absolute atomic E-state index is 0.339.